The average molecular weight is 228 g/mol. The molecule has 2 rings (SSSR count). The molecule has 2 aliphatic rings. The fourth-order valence-corrected chi connectivity index (χ4v) is 2.10. The first-order chi connectivity index (χ1) is 7.86. The van der Waals surface area contributed by atoms with Crippen molar-refractivity contribution in [1.29, 1.82) is 0 Å². The lowest BCUT2D eigenvalue weighted by atomic mass is 10.00. The summed E-state index contributed by atoms with van der Waals surface area (Å²) in [7, 11) is 0. The standard InChI is InChI=1S/C11H20N2O3/c14-11(9-3-6-15-7-4-9)13-16-10-2-1-5-12-8-10/h9-10,12H,1-8H2,(H,13,14). The molecule has 2 aliphatic heterocycles. The van der Waals surface area contributed by atoms with Crippen LogP contribution < -0.4 is 10.8 Å². The van der Waals surface area contributed by atoms with Crippen LogP contribution >= 0.6 is 0 Å². The van der Waals surface area contributed by atoms with Crippen LogP contribution in [-0.2, 0) is 14.4 Å². The number of carbonyl (C=O) groups is 1. The molecule has 2 fully saturated rings. The molecule has 1 amide bonds. The third-order valence-corrected chi connectivity index (χ3v) is 3.17. The zero-order valence-corrected chi connectivity index (χ0v) is 9.54. The first-order valence-corrected chi connectivity index (χ1v) is 6.10. The molecule has 0 aromatic carbocycles. The number of piperidine rings is 1. The summed E-state index contributed by atoms with van der Waals surface area (Å²) >= 11 is 0. The molecule has 0 aromatic heterocycles. The largest absolute Gasteiger partial charge is 0.381 e. The van der Waals surface area contributed by atoms with Crippen LogP contribution in [0, 0.1) is 5.92 Å². The second-order valence-corrected chi connectivity index (χ2v) is 4.44. The molecule has 0 aromatic rings. The Morgan fingerprint density at radius 2 is 2.12 bits per heavy atom. The Labute approximate surface area is 95.8 Å². The summed E-state index contributed by atoms with van der Waals surface area (Å²) < 4.78 is 5.21. The van der Waals surface area contributed by atoms with Crippen molar-refractivity contribution in [3.8, 4) is 0 Å². The maximum absolute atomic E-state index is 11.7. The lowest BCUT2D eigenvalue weighted by Crippen LogP contribution is -2.42. The molecule has 0 radical (unpaired) electrons. The van der Waals surface area contributed by atoms with Gasteiger partial charge in [0, 0.05) is 25.7 Å². The Morgan fingerprint density at radius 1 is 1.31 bits per heavy atom. The zero-order valence-electron chi connectivity index (χ0n) is 9.54. The molecule has 16 heavy (non-hydrogen) atoms. The van der Waals surface area contributed by atoms with Gasteiger partial charge in [0.1, 0.15) is 0 Å². The van der Waals surface area contributed by atoms with E-state index in [1.54, 1.807) is 0 Å². The molecule has 0 aliphatic carbocycles. The topological polar surface area (TPSA) is 59.6 Å². The maximum Gasteiger partial charge on any atom is 0.246 e. The maximum atomic E-state index is 11.7. The van der Waals surface area contributed by atoms with Gasteiger partial charge in [0.2, 0.25) is 5.91 Å². The van der Waals surface area contributed by atoms with Gasteiger partial charge in [-0.2, -0.15) is 0 Å². The molecule has 1 unspecified atom stereocenters. The van der Waals surface area contributed by atoms with Crippen LogP contribution in [0.25, 0.3) is 0 Å². The average Bonchev–Trinajstić information content (AvgIpc) is 2.38. The summed E-state index contributed by atoms with van der Waals surface area (Å²) in [6.45, 7) is 3.24. The highest BCUT2D eigenvalue weighted by Gasteiger charge is 2.23. The van der Waals surface area contributed by atoms with E-state index in [1.807, 2.05) is 0 Å². The summed E-state index contributed by atoms with van der Waals surface area (Å²) in [5, 5.41) is 3.24. The van der Waals surface area contributed by atoms with Crippen LogP contribution in [0.5, 0.6) is 0 Å². The molecule has 92 valence electrons. The van der Waals surface area contributed by atoms with Crippen molar-refractivity contribution in [3.05, 3.63) is 0 Å². The minimum absolute atomic E-state index is 0.00822. The van der Waals surface area contributed by atoms with Crippen LogP contribution in [0.4, 0.5) is 0 Å². The third kappa shape index (κ3) is 3.43. The van der Waals surface area contributed by atoms with Crippen molar-refractivity contribution >= 4 is 5.91 Å². The number of ether oxygens (including phenoxy) is 1. The molecule has 2 saturated heterocycles. The van der Waals surface area contributed by atoms with Crippen molar-refractivity contribution < 1.29 is 14.4 Å². The number of amides is 1. The monoisotopic (exact) mass is 228 g/mol. The van der Waals surface area contributed by atoms with Crippen LogP contribution in [0.1, 0.15) is 25.7 Å². The molecular formula is C11H20N2O3. The quantitative estimate of drug-likeness (QED) is 0.678. The van der Waals surface area contributed by atoms with Gasteiger partial charge in [-0.15, -0.1) is 0 Å². The molecule has 2 N–H and O–H groups in total. The summed E-state index contributed by atoms with van der Waals surface area (Å²) in [4.78, 5) is 17.1. The van der Waals surface area contributed by atoms with E-state index in [0.717, 1.165) is 38.8 Å². The lowest BCUT2D eigenvalue weighted by Gasteiger charge is -2.25. The van der Waals surface area contributed by atoms with Crippen molar-refractivity contribution in [1.82, 2.24) is 10.8 Å². The highest BCUT2D eigenvalue weighted by molar-refractivity contribution is 5.77. The van der Waals surface area contributed by atoms with Gasteiger partial charge in [-0.05, 0) is 32.2 Å². The van der Waals surface area contributed by atoms with Gasteiger partial charge >= 0.3 is 0 Å². The summed E-state index contributed by atoms with van der Waals surface area (Å²) in [6, 6.07) is 0. The molecular weight excluding hydrogens is 208 g/mol. The van der Waals surface area contributed by atoms with Gasteiger partial charge in [0.25, 0.3) is 0 Å². The molecule has 5 nitrogen and oxygen atoms in total. The first kappa shape index (κ1) is 11.8. The van der Waals surface area contributed by atoms with Gasteiger partial charge in [-0.25, -0.2) is 5.48 Å². The summed E-state index contributed by atoms with van der Waals surface area (Å²) in [6.07, 6.45) is 3.85. The second-order valence-electron chi connectivity index (χ2n) is 4.44. The Balaban J connectivity index is 1.65. The molecule has 5 heteroatoms. The van der Waals surface area contributed by atoms with Crippen molar-refractivity contribution in [2.45, 2.75) is 31.8 Å². The summed E-state index contributed by atoms with van der Waals surface area (Å²) in [5.41, 5.74) is 2.59. The van der Waals surface area contributed by atoms with E-state index in [2.05, 4.69) is 10.8 Å². The van der Waals surface area contributed by atoms with Crippen molar-refractivity contribution in [2.24, 2.45) is 5.92 Å². The SMILES string of the molecule is O=C(NOC1CCCNC1)C1CCOCC1. The van der Waals surface area contributed by atoms with Gasteiger partial charge in [-0.3, -0.25) is 9.63 Å². The highest BCUT2D eigenvalue weighted by Crippen LogP contribution is 2.14. The van der Waals surface area contributed by atoms with Crippen LogP contribution in [-0.4, -0.2) is 38.3 Å². The number of hydrogen-bond acceptors (Lipinski definition) is 4. The fraction of sp³-hybridized carbons (Fsp3) is 0.909. The highest BCUT2D eigenvalue weighted by atomic mass is 16.7. The first-order valence-electron chi connectivity index (χ1n) is 6.10. The lowest BCUT2D eigenvalue weighted by molar-refractivity contribution is -0.146. The number of hydroxylamine groups is 1. The molecule has 2 heterocycles. The van der Waals surface area contributed by atoms with Gasteiger partial charge in [0.05, 0.1) is 6.10 Å². The Bertz CT molecular complexity index is 223. The number of rotatable bonds is 3. The van der Waals surface area contributed by atoms with Crippen LogP contribution in [0.3, 0.4) is 0 Å². The molecule has 0 saturated carbocycles. The van der Waals surface area contributed by atoms with Gasteiger partial charge < -0.3 is 10.1 Å². The number of carbonyl (C=O) groups excluding carboxylic acids is 1. The Hall–Kier alpha value is -0.650. The third-order valence-electron chi connectivity index (χ3n) is 3.17. The van der Waals surface area contributed by atoms with E-state index < -0.39 is 0 Å². The van der Waals surface area contributed by atoms with Gasteiger partial charge in [0.15, 0.2) is 0 Å². The van der Waals surface area contributed by atoms with Crippen molar-refractivity contribution in [2.75, 3.05) is 26.3 Å². The number of hydrogen-bond donors (Lipinski definition) is 2. The Morgan fingerprint density at radius 3 is 2.81 bits per heavy atom. The minimum atomic E-state index is 0.00822. The predicted molar refractivity (Wildman–Crippen MR) is 58.7 cm³/mol. The molecule has 1 atom stereocenters. The zero-order chi connectivity index (χ0) is 11.2. The number of nitrogens with one attached hydrogen (secondary N) is 2. The normalized spacial score (nSPS) is 27.6. The van der Waals surface area contributed by atoms with E-state index in [-0.39, 0.29) is 17.9 Å². The minimum Gasteiger partial charge on any atom is -0.381 e. The fourth-order valence-electron chi connectivity index (χ4n) is 2.10. The smallest absolute Gasteiger partial charge is 0.246 e. The Kier molecular flexibility index (Phi) is 4.56. The van der Waals surface area contributed by atoms with Crippen molar-refractivity contribution in [3.63, 3.8) is 0 Å². The van der Waals surface area contributed by atoms with E-state index >= 15 is 0 Å². The second kappa shape index (κ2) is 6.18. The summed E-state index contributed by atoms with van der Waals surface area (Å²) in [5.74, 6) is 0.0687. The van der Waals surface area contributed by atoms with E-state index in [0.29, 0.717) is 13.2 Å². The van der Waals surface area contributed by atoms with Gasteiger partial charge in [-0.1, -0.05) is 0 Å². The van der Waals surface area contributed by atoms with E-state index in [9.17, 15) is 4.79 Å². The molecule has 0 bridgehead atoms. The van der Waals surface area contributed by atoms with E-state index in [1.165, 1.54) is 0 Å². The van der Waals surface area contributed by atoms with Crippen LogP contribution in [0.15, 0.2) is 0 Å². The van der Waals surface area contributed by atoms with Crippen LogP contribution in [0.2, 0.25) is 0 Å². The predicted octanol–water partition coefficient (Wildman–Crippen LogP) is 0.213. The molecule has 0 spiro atoms. The van der Waals surface area contributed by atoms with E-state index in [4.69, 9.17) is 9.57 Å².